The SMILES string of the molecule is COc1ccc(C(=O)OCC(=O)c2ccc3ccccc3c2)cc1F. The molecule has 4 nitrogen and oxygen atoms in total. The second-order valence-electron chi connectivity index (χ2n) is 5.41. The van der Waals surface area contributed by atoms with E-state index in [0.717, 1.165) is 16.8 Å². The van der Waals surface area contributed by atoms with Gasteiger partial charge in [0.25, 0.3) is 0 Å². The number of methoxy groups -OCH3 is 1. The highest BCUT2D eigenvalue weighted by atomic mass is 19.1. The van der Waals surface area contributed by atoms with Crippen LogP contribution in [-0.2, 0) is 4.74 Å². The third kappa shape index (κ3) is 3.66. The molecule has 0 unspecified atom stereocenters. The summed E-state index contributed by atoms with van der Waals surface area (Å²) in [6, 6.07) is 16.6. The third-order valence-electron chi connectivity index (χ3n) is 3.79. The minimum absolute atomic E-state index is 0.0182. The van der Waals surface area contributed by atoms with Crippen molar-refractivity contribution >= 4 is 22.5 Å². The lowest BCUT2D eigenvalue weighted by atomic mass is 10.0. The maximum atomic E-state index is 13.6. The number of hydrogen-bond acceptors (Lipinski definition) is 4. The number of esters is 1. The lowest BCUT2D eigenvalue weighted by Crippen LogP contribution is -2.14. The van der Waals surface area contributed by atoms with E-state index in [1.54, 1.807) is 12.1 Å². The highest BCUT2D eigenvalue weighted by molar-refractivity contribution is 6.02. The average molecular weight is 338 g/mol. The molecule has 0 fully saturated rings. The van der Waals surface area contributed by atoms with E-state index in [1.165, 1.54) is 19.2 Å². The van der Waals surface area contributed by atoms with Gasteiger partial charge in [0.05, 0.1) is 12.7 Å². The summed E-state index contributed by atoms with van der Waals surface area (Å²) in [4.78, 5) is 24.2. The quantitative estimate of drug-likeness (QED) is 0.521. The Hall–Kier alpha value is -3.21. The fourth-order valence-corrected chi connectivity index (χ4v) is 2.45. The van der Waals surface area contributed by atoms with Crippen LogP contribution in [0.1, 0.15) is 20.7 Å². The fourth-order valence-electron chi connectivity index (χ4n) is 2.45. The first-order valence-electron chi connectivity index (χ1n) is 7.61. The Kier molecular flexibility index (Phi) is 4.75. The number of benzene rings is 3. The minimum atomic E-state index is -0.768. The second kappa shape index (κ2) is 7.13. The normalized spacial score (nSPS) is 10.5. The van der Waals surface area contributed by atoms with E-state index in [4.69, 9.17) is 9.47 Å². The van der Waals surface area contributed by atoms with Crippen LogP contribution in [0.5, 0.6) is 5.75 Å². The molecule has 0 saturated carbocycles. The van der Waals surface area contributed by atoms with Gasteiger partial charge < -0.3 is 9.47 Å². The van der Waals surface area contributed by atoms with Crippen molar-refractivity contribution in [1.29, 1.82) is 0 Å². The maximum Gasteiger partial charge on any atom is 0.338 e. The number of ether oxygens (including phenoxy) is 2. The van der Waals surface area contributed by atoms with Gasteiger partial charge in [0.1, 0.15) is 0 Å². The van der Waals surface area contributed by atoms with Crippen LogP contribution in [0.25, 0.3) is 10.8 Å². The summed E-state index contributed by atoms with van der Waals surface area (Å²) in [7, 11) is 1.33. The number of fused-ring (bicyclic) bond motifs is 1. The fraction of sp³-hybridized carbons (Fsp3) is 0.100. The smallest absolute Gasteiger partial charge is 0.338 e. The van der Waals surface area contributed by atoms with Crippen molar-refractivity contribution in [2.45, 2.75) is 0 Å². The Balaban J connectivity index is 1.68. The molecule has 0 N–H and O–H groups in total. The highest BCUT2D eigenvalue weighted by Gasteiger charge is 2.14. The van der Waals surface area contributed by atoms with Crippen molar-refractivity contribution in [3.05, 3.63) is 77.6 Å². The Bertz CT molecular complexity index is 949. The van der Waals surface area contributed by atoms with Gasteiger partial charge in [-0.05, 0) is 35.0 Å². The molecule has 5 heteroatoms. The van der Waals surface area contributed by atoms with Gasteiger partial charge in [0, 0.05) is 5.56 Å². The predicted molar refractivity (Wildman–Crippen MR) is 91.5 cm³/mol. The highest BCUT2D eigenvalue weighted by Crippen LogP contribution is 2.19. The first-order valence-corrected chi connectivity index (χ1v) is 7.61. The molecule has 3 rings (SSSR count). The number of halogens is 1. The van der Waals surface area contributed by atoms with Gasteiger partial charge in [0.15, 0.2) is 24.0 Å². The lowest BCUT2D eigenvalue weighted by Gasteiger charge is -2.07. The number of hydrogen-bond donors (Lipinski definition) is 0. The topological polar surface area (TPSA) is 52.6 Å². The molecule has 0 aromatic heterocycles. The van der Waals surface area contributed by atoms with Crippen LogP contribution in [0, 0.1) is 5.82 Å². The van der Waals surface area contributed by atoms with Gasteiger partial charge in [-0.15, -0.1) is 0 Å². The van der Waals surface area contributed by atoms with Crippen LogP contribution in [-0.4, -0.2) is 25.5 Å². The summed E-state index contributed by atoms with van der Waals surface area (Å²) >= 11 is 0. The summed E-state index contributed by atoms with van der Waals surface area (Å²) in [6.07, 6.45) is 0. The molecule has 0 heterocycles. The molecular weight excluding hydrogens is 323 g/mol. The zero-order valence-electron chi connectivity index (χ0n) is 13.5. The zero-order valence-corrected chi connectivity index (χ0v) is 13.5. The Labute approximate surface area is 143 Å². The molecule has 0 radical (unpaired) electrons. The molecule has 0 saturated heterocycles. The van der Waals surface area contributed by atoms with E-state index in [1.807, 2.05) is 30.3 Å². The average Bonchev–Trinajstić information content (AvgIpc) is 2.65. The summed E-state index contributed by atoms with van der Waals surface area (Å²) in [6.45, 7) is -0.412. The number of ketones is 1. The Morgan fingerprint density at radius 2 is 1.64 bits per heavy atom. The van der Waals surface area contributed by atoms with Gasteiger partial charge in [-0.3, -0.25) is 4.79 Å². The van der Waals surface area contributed by atoms with Crippen molar-refractivity contribution in [3.8, 4) is 5.75 Å². The molecule has 3 aromatic rings. The van der Waals surface area contributed by atoms with Gasteiger partial charge in [-0.2, -0.15) is 0 Å². The molecular formula is C20H15FO4. The molecule has 0 aliphatic heterocycles. The van der Waals surface area contributed by atoms with E-state index in [0.29, 0.717) is 5.56 Å². The van der Waals surface area contributed by atoms with Gasteiger partial charge in [0.2, 0.25) is 0 Å². The summed E-state index contributed by atoms with van der Waals surface area (Å²) in [5, 5.41) is 1.95. The summed E-state index contributed by atoms with van der Waals surface area (Å²) in [5.74, 6) is -1.73. The number of Topliss-reactive ketones (excluding diaryl/α,β-unsaturated/α-hetero) is 1. The van der Waals surface area contributed by atoms with E-state index < -0.39 is 18.4 Å². The van der Waals surface area contributed by atoms with Gasteiger partial charge >= 0.3 is 5.97 Å². The van der Waals surface area contributed by atoms with E-state index in [2.05, 4.69) is 0 Å². The van der Waals surface area contributed by atoms with Crippen molar-refractivity contribution in [1.82, 2.24) is 0 Å². The molecule has 0 bridgehead atoms. The third-order valence-corrected chi connectivity index (χ3v) is 3.79. The van der Waals surface area contributed by atoms with Crippen LogP contribution in [0.3, 0.4) is 0 Å². The monoisotopic (exact) mass is 338 g/mol. The van der Waals surface area contributed by atoms with E-state index >= 15 is 0 Å². The molecule has 0 amide bonds. The predicted octanol–water partition coefficient (Wildman–Crippen LogP) is 4.03. The van der Waals surface area contributed by atoms with Crippen LogP contribution in [0.15, 0.2) is 60.7 Å². The van der Waals surface area contributed by atoms with Crippen molar-refractivity contribution < 1.29 is 23.5 Å². The minimum Gasteiger partial charge on any atom is -0.494 e. The van der Waals surface area contributed by atoms with Crippen LogP contribution in [0.2, 0.25) is 0 Å². The number of carbonyl (C=O) groups excluding carboxylic acids is 2. The van der Waals surface area contributed by atoms with Gasteiger partial charge in [-0.25, -0.2) is 9.18 Å². The van der Waals surface area contributed by atoms with Crippen LogP contribution < -0.4 is 4.74 Å². The molecule has 25 heavy (non-hydrogen) atoms. The standard InChI is InChI=1S/C20H15FO4/c1-24-19-9-8-16(11-17(19)21)20(23)25-12-18(22)15-7-6-13-4-2-3-5-14(13)10-15/h2-11H,12H2,1H3. The summed E-state index contributed by atoms with van der Waals surface area (Å²) in [5.41, 5.74) is 0.469. The second-order valence-corrected chi connectivity index (χ2v) is 5.41. The van der Waals surface area contributed by atoms with Gasteiger partial charge in [-0.1, -0.05) is 36.4 Å². The molecule has 0 aliphatic rings. The molecule has 126 valence electrons. The molecule has 0 aliphatic carbocycles. The number of carbonyl (C=O) groups is 2. The van der Waals surface area contributed by atoms with Crippen molar-refractivity contribution in [2.75, 3.05) is 13.7 Å². The maximum absolute atomic E-state index is 13.6. The zero-order chi connectivity index (χ0) is 17.8. The van der Waals surface area contributed by atoms with E-state index in [9.17, 15) is 14.0 Å². The van der Waals surface area contributed by atoms with Crippen molar-refractivity contribution in [2.24, 2.45) is 0 Å². The molecule has 0 spiro atoms. The van der Waals surface area contributed by atoms with Crippen LogP contribution in [0.4, 0.5) is 4.39 Å². The Morgan fingerprint density at radius 3 is 2.36 bits per heavy atom. The van der Waals surface area contributed by atoms with Crippen LogP contribution >= 0.6 is 0 Å². The lowest BCUT2D eigenvalue weighted by molar-refractivity contribution is 0.0474. The first kappa shape index (κ1) is 16.6. The first-order chi connectivity index (χ1) is 12.1. The summed E-state index contributed by atoms with van der Waals surface area (Å²) < 4.78 is 23.4. The Morgan fingerprint density at radius 1 is 0.920 bits per heavy atom. The molecule has 0 atom stereocenters. The molecule has 3 aromatic carbocycles. The van der Waals surface area contributed by atoms with E-state index in [-0.39, 0.29) is 17.1 Å². The van der Waals surface area contributed by atoms with Crippen molar-refractivity contribution in [3.63, 3.8) is 0 Å². The largest absolute Gasteiger partial charge is 0.494 e. The number of rotatable bonds is 5.